The van der Waals surface area contributed by atoms with Crippen LogP contribution in [0.15, 0.2) is 48.5 Å². The number of carbonyl (C=O) groups is 2. The number of carbonyl (C=O) groups excluding carboxylic acids is 2. The largest absolute Gasteiger partial charge is 0.465 e. The first-order valence-electron chi connectivity index (χ1n) is 7.83. The summed E-state index contributed by atoms with van der Waals surface area (Å²) in [5.74, 6) is -0.372. The summed E-state index contributed by atoms with van der Waals surface area (Å²) in [6.45, 7) is 3.03. The zero-order valence-electron chi connectivity index (χ0n) is 14.0. The lowest BCUT2D eigenvalue weighted by molar-refractivity contribution is 0.0600. The second-order valence-electron chi connectivity index (χ2n) is 5.53. The van der Waals surface area contributed by atoms with Crippen LogP contribution in [0.5, 0.6) is 0 Å². The van der Waals surface area contributed by atoms with Gasteiger partial charge in [-0.05, 0) is 36.6 Å². The summed E-state index contributed by atoms with van der Waals surface area (Å²) in [4.78, 5) is 23.1. The fourth-order valence-corrected chi connectivity index (χ4v) is 2.20. The minimum absolute atomic E-state index is 0.209. The van der Waals surface area contributed by atoms with Crippen LogP contribution in [0.25, 0.3) is 0 Å². The first-order chi connectivity index (χ1) is 11.6. The molecule has 0 aliphatic carbocycles. The van der Waals surface area contributed by atoms with Crippen molar-refractivity contribution in [2.75, 3.05) is 13.7 Å². The standard InChI is InChI=1S/C19H22N2O3/c1-14-3-5-15(6-4-14)11-12-20-19(23)21-13-16-7-9-17(10-8-16)18(22)24-2/h3-10H,11-13H2,1-2H3,(H2,20,21,23). The molecule has 5 nitrogen and oxygen atoms in total. The lowest BCUT2D eigenvalue weighted by atomic mass is 10.1. The molecule has 0 heterocycles. The zero-order chi connectivity index (χ0) is 17.4. The predicted molar refractivity (Wildman–Crippen MR) is 92.9 cm³/mol. The predicted octanol–water partition coefficient (Wildman–Crippen LogP) is 2.82. The summed E-state index contributed by atoms with van der Waals surface area (Å²) in [5, 5.41) is 5.62. The van der Waals surface area contributed by atoms with Crippen molar-refractivity contribution in [3.63, 3.8) is 0 Å². The van der Waals surface area contributed by atoms with Gasteiger partial charge in [0.2, 0.25) is 0 Å². The first kappa shape index (κ1) is 17.5. The van der Waals surface area contributed by atoms with E-state index in [-0.39, 0.29) is 12.0 Å². The molecular formula is C19H22N2O3. The minimum Gasteiger partial charge on any atom is -0.465 e. The molecule has 0 aliphatic heterocycles. The van der Waals surface area contributed by atoms with Crippen molar-refractivity contribution < 1.29 is 14.3 Å². The number of hydrogen-bond acceptors (Lipinski definition) is 3. The van der Waals surface area contributed by atoms with E-state index in [1.165, 1.54) is 18.2 Å². The summed E-state index contributed by atoms with van der Waals surface area (Å²) in [6, 6.07) is 15.0. The maximum absolute atomic E-state index is 11.8. The lowest BCUT2D eigenvalue weighted by Crippen LogP contribution is -2.36. The lowest BCUT2D eigenvalue weighted by Gasteiger charge is -2.08. The van der Waals surface area contributed by atoms with E-state index < -0.39 is 0 Å². The van der Waals surface area contributed by atoms with Crippen molar-refractivity contribution in [2.45, 2.75) is 19.9 Å². The molecule has 126 valence electrons. The molecule has 0 atom stereocenters. The fourth-order valence-electron chi connectivity index (χ4n) is 2.20. The molecule has 0 spiro atoms. The number of rotatable bonds is 6. The maximum Gasteiger partial charge on any atom is 0.337 e. The van der Waals surface area contributed by atoms with Crippen LogP contribution in [0, 0.1) is 6.92 Å². The Morgan fingerprint density at radius 3 is 2.17 bits per heavy atom. The highest BCUT2D eigenvalue weighted by Crippen LogP contribution is 2.06. The Labute approximate surface area is 142 Å². The van der Waals surface area contributed by atoms with Gasteiger partial charge in [-0.25, -0.2) is 9.59 Å². The van der Waals surface area contributed by atoms with E-state index in [1.54, 1.807) is 24.3 Å². The van der Waals surface area contributed by atoms with Gasteiger partial charge in [0.05, 0.1) is 12.7 Å². The number of urea groups is 1. The summed E-state index contributed by atoms with van der Waals surface area (Å²) < 4.78 is 4.64. The number of methoxy groups -OCH3 is 1. The van der Waals surface area contributed by atoms with Gasteiger partial charge >= 0.3 is 12.0 Å². The van der Waals surface area contributed by atoms with Crippen molar-refractivity contribution in [2.24, 2.45) is 0 Å². The third-order valence-electron chi connectivity index (χ3n) is 3.65. The highest BCUT2D eigenvalue weighted by atomic mass is 16.5. The Hall–Kier alpha value is -2.82. The van der Waals surface area contributed by atoms with Crippen LogP contribution in [0.3, 0.4) is 0 Å². The van der Waals surface area contributed by atoms with Gasteiger partial charge < -0.3 is 15.4 Å². The second kappa shape index (κ2) is 8.72. The van der Waals surface area contributed by atoms with E-state index in [9.17, 15) is 9.59 Å². The number of nitrogens with one attached hydrogen (secondary N) is 2. The highest BCUT2D eigenvalue weighted by molar-refractivity contribution is 5.89. The Bertz CT molecular complexity index is 679. The Balaban J connectivity index is 1.71. The highest BCUT2D eigenvalue weighted by Gasteiger charge is 2.05. The van der Waals surface area contributed by atoms with Gasteiger partial charge in [0.1, 0.15) is 0 Å². The number of ether oxygens (including phenoxy) is 1. The first-order valence-corrected chi connectivity index (χ1v) is 7.83. The van der Waals surface area contributed by atoms with Crippen molar-refractivity contribution in [1.29, 1.82) is 0 Å². The molecule has 0 aliphatic rings. The van der Waals surface area contributed by atoms with E-state index in [4.69, 9.17) is 0 Å². The molecule has 2 amide bonds. The van der Waals surface area contributed by atoms with Crippen molar-refractivity contribution in [1.82, 2.24) is 10.6 Å². The van der Waals surface area contributed by atoms with Crippen LogP contribution in [0.2, 0.25) is 0 Å². The smallest absolute Gasteiger partial charge is 0.337 e. The molecule has 0 saturated heterocycles. The Morgan fingerprint density at radius 2 is 1.54 bits per heavy atom. The van der Waals surface area contributed by atoms with Crippen molar-refractivity contribution >= 4 is 12.0 Å². The van der Waals surface area contributed by atoms with Crippen molar-refractivity contribution in [3.05, 3.63) is 70.8 Å². The third kappa shape index (κ3) is 5.43. The van der Waals surface area contributed by atoms with Crippen LogP contribution in [-0.2, 0) is 17.7 Å². The molecule has 0 saturated carbocycles. The van der Waals surface area contributed by atoms with Gasteiger partial charge in [-0.15, -0.1) is 0 Å². The summed E-state index contributed by atoms with van der Waals surface area (Å²) in [7, 11) is 1.35. The van der Waals surface area contributed by atoms with Crippen LogP contribution >= 0.6 is 0 Å². The van der Waals surface area contributed by atoms with Gasteiger partial charge in [0.25, 0.3) is 0 Å². The second-order valence-corrected chi connectivity index (χ2v) is 5.53. The van der Waals surface area contributed by atoms with E-state index in [2.05, 4.69) is 39.6 Å². The average Bonchev–Trinajstić information content (AvgIpc) is 2.61. The van der Waals surface area contributed by atoms with Gasteiger partial charge in [-0.3, -0.25) is 0 Å². The van der Waals surface area contributed by atoms with E-state index >= 15 is 0 Å². The molecule has 2 aromatic rings. The maximum atomic E-state index is 11.8. The molecule has 24 heavy (non-hydrogen) atoms. The number of esters is 1. The molecule has 0 fully saturated rings. The van der Waals surface area contributed by atoms with Gasteiger partial charge in [-0.2, -0.15) is 0 Å². The molecular weight excluding hydrogens is 304 g/mol. The monoisotopic (exact) mass is 326 g/mol. The third-order valence-corrected chi connectivity index (χ3v) is 3.65. The average molecular weight is 326 g/mol. The van der Waals surface area contributed by atoms with Crippen LogP contribution in [-0.4, -0.2) is 25.7 Å². The van der Waals surface area contributed by atoms with Crippen LogP contribution < -0.4 is 10.6 Å². The summed E-state index contributed by atoms with van der Waals surface area (Å²) in [6.07, 6.45) is 0.793. The molecule has 0 bridgehead atoms. The molecule has 2 aromatic carbocycles. The van der Waals surface area contributed by atoms with Gasteiger partial charge in [0, 0.05) is 13.1 Å². The number of amides is 2. The van der Waals surface area contributed by atoms with E-state index in [1.807, 2.05) is 6.92 Å². The normalized spacial score (nSPS) is 10.1. The molecule has 0 aromatic heterocycles. The number of aryl methyl sites for hydroxylation is 1. The van der Waals surface area contributed by atoms with Crippen LogP contribution in [0.4, 0.5) is 4.79 Å². The zero-order valence-corrected chi connectivity index (χ0v) is 14.0. The quantitative estimate of drug-likeness (QED) is 0.802. The summed E-state index contributed by atoms with van der Waals surface area (Å²) >= 11 is 0. The number of hydrogen-bond donors (Lipinski definition) is 2. The molecule has 2 rings (SSSR count). The molecule has 0 unspecified atom stereocenters. The topological polar surface area (TPSA) is 67.4 Å². The molecule has 0 radical (unpaired) electrons. The Kier molecular flexibility index (Phi) is 6.37. The molecule has 5 heteroatoms. The van der Waals surface area contributed by atoms with Gasteiger partial charge in [-0.1, -0.05) is 42.0 Å². The van der Waals surface area contributed by atoms with Gasteiger partial charge in [0.15, 0.2) is 0 Å². The summed E-state index contributed by atoms with van der Waals surface area (Å²) in [5.41, 5.74) is 3.82. The Morgan fingerprint density at radius 1 is 0.917 bits per heavy atom. The van der Waals surface area contributed by atoms with Crippen LogP contribution in [0.1, 0.15) is 27.0 Å². The SMILES string of the molecule is COC(=O)c1ccc(CNC(=O)NCCc2ccc(C)cc2)cc1. The minimum atomic E-state index is -0.372. The van der Waals surface area contributed by atoms with E-state index in [0.717, 1.165) is 12.0 Å². The molecule has 2 N–H and O–H groups in total. The number of benzene rings is 2. The van der Waals surface area contributed by atoms with E-state index in [0.29, 0.717) is 18.7 Å². The fraction of sp³-hybridized carbons (Fsp3) is 0.263. The van der Waals surface area contributed by atoms with Crippen molar-refractivity contribution in [3.8, 4) is 0 Å².